The second-order valence-corrected chi connectivity index (χ2v) is 7.05. The molecule has 0 saturated heterocycles. The third-order valence-corrected chi connectivity index (χ3v) is 3.33. The molecule has 0 bridgehead atoms. The van der Waals surface area contributed by atoms with Crippen molar-refractivity contribution in [1.29, 1.82) is 0 Å². The molecule has 0 aliphatic heterocycles. The number of unbranched alkanes of at least 4 members (excludes halogenated alkanes) is 6. The van der Waals surface area contributed by atoms with Crippen LogP contribution in [-0.4, -0.2) is 24.3 Å². The Morgan fingerprint density at radius 3 is 1.29 bits per heavy atom. The van der Waals surface area contributed by atoms with Crippen LogP contribution in [0.15, 0.2) is 0 Å². The van der Waals surface area contributed by atoms with Crippen LogP contribution in [0.25, 0.3) is 0 Å². The quantitative estimate of drug-likeness (QED) is 0.202. The number of hydrogen-bond acceptors (Lipinski definition) is 5. The van der Waals surface area contributed by atoms with Crippen LogP contribution in [0.1, 0.15) is 99.8 Å². The minimum Gasteiger partial charge on any atom is -0.325 e. The van der Waals surface area contributed by atoms with Gasteiger partial charge in [-0.05, 0) is 48.0 Å². The van der Waals surface area contributed by atoms with Gasteiger partial charge in [-0.15, -0.1) is 0 Å². The molecule has 0 aromatic rings. The highest BCUT2D eigenvalue weighted by atomic mass is 16.9. The van der Waals surface area contributed by atoms with Gasteiger partial charge in [-0.25, -0.2) is 0 Å². The van der Waals surface area contributed by atoms with Crippen LogP contribution in [0.2, 0.25) is 0 Å². The molecule has 0 radical (unpaired) electrons. The molecule has 0 spiro atoms. The van der Waals surface area contributed by atoms with E-state index in [1.807, 2.05) is 41.5 Å². The van der Waals surface area contributed by atoms with Crippen molar-refractivity contribution in [2.24, 2.45) is 11.7 Å². The molecular weight excluding hydrogens is 304 g/mol. The highest BCUT2D eigenvalue weighted by Crippen LogP contribution is 2.28. The average Bonchev–Trinajstić information content (AvgIpc) is 2.46. The molecule has 0 rings (SSSR count). The lowest BCUT2D eigenvalue weighted by atomic mass is 10.1. The summed E-state index contributed by atoms with van der Waals surface area (Å²) in [6, 6.07) is 0. The lowest BCUT2D eigenvalue weighted by molar-refractivity contribution is -0.412. The summed E-state index contributed by atoms with van der Waals surface area (Å²) in [5.41, 5.74) is 0. The number of ether oxygens (including phenoxy) is 3. The zero-order chi connectivity index (χ0) is 19.0. The van der Waals surface area contributed by atoms with Gasteiger partial charge in [0.2, 0.25) is 0 Å². The summed E-state index contributed by atoms with van der Waals surface area (Å²) in [5.74, 6) is 7.11. The van der Waals surface area contributed by atoms with E-state index in [0.29, 0.717) is 0 Å². The first-order chi connectivity index (χ1) is 11.3. The summed E-state index contributed by atoms with van der Waals surface area (Å²) in [6.07, 6.45) is 10.00. The summed E-state index contributed by atoms with van der Waals surface area (Å²) in [7, 11) is 0. The molecule has 5 nitrogen and oxygen atoms in total. The fraction of sp³-hybridized carbons (Fsp3) is 1.00. The Bertz CT molecular complexity index is 232. The van der Waals surface area contributed by atoms with Crippen molar-refractivity contribution in [3.05, 3.63) is 0 Å². The van der Waals surface area contributed by atoms with E-state index in [1.54, 1.807) is 0 Å². The van der Waals surface area contributed by atoms with Gasteiger partial charge in [0.15, 0.2) is 0 Å². The fourth-order valence-corrected chi connectivity index (χ4v) is 2.64. The Morgan fingerprint density at radius 1 is 0.625 bits per heavy atom. The lowest BCUT2D eigenvalue weighted by Crippen LogP contribution is -2.44. The van der Waals surface area contributed by atoms with Gasteiger partial charge in [-0.2, -0.15) is 0 Å². The molecule has 5 heteroatoms. The van der Waals surface area contributed by atoms with Crippen molar-refractivity contribution in [3.8, 4) is 0 Å². The van der Waals surface area contributed by atoms with Crippen molar-refractivity contribution in [1.82, 2.24) is 0 Å². The molecule has 0 unspecified atom stereocenters. The molecule has 0 aliphatic rings. The van der Waals surface area contributed by atoms with Crippen LogP contribution < -0.4 is 11.7 Å². The van der Waals surface area contributed by atoms with Gasteiger partial charge >= 0.3 is 0 Å². The predicted molar refractivity (Wildman–Crippen MR) is 102 cm³/mol. The molecule has 0 fully saturated rings. The topological polar surface area (TPSA) is 79.7 Å². The molecular formula is C19H44N2O3. The van der Waals surface area contributed by atoms with E-state index < -0.39 is 5.97 Å². The Labute approximate surface area is 150 Å². The second kappa shape index (κ2) is 16.3. The maximum atomic E-state index is 6.06. The average molecular weight is 349 g/mol. The van der Waals surface area contributed by atoms with E-state index in [9.17, 15) is 0 Å². The van der Waals surface area contributed by atoms with Gasteiger partial charge in [-0.3, -0.25) is 11.7 Å². The number of hydrazine groups is 1. The van der Waals surface area contributed by atoms with Crippen LogP contribution in [0.4, 0.5) is 0 Å². The van der Waals surface area contributed by atoms with E-state index in [-0.39, 0.29) is 18.3 Å². The first-order valence-electron chi connectivity index (χ1n) is 9.68. The highest BCUT2D eigenvalue weighted by Gasteiger charge is 2.36. The third kappa shape index (κ3) is 15.3. The zero-order valence-electron chi connectivity index (χ0n) is 17.3. The summed E-state index contributed by atoms with van der Waals surface area (Å²) >= 11 is 0. The summed E-state index contributed by atoms with van der Waals surface area (Å²) < 4.78 is 18.2. The van der Waals surface area contributed by atoms with E-state index in [4.69, 9.17) is 14.2 Å². The molecule has 0 aromatic heterocycles. The van der Waals surface area contributed by atoms with Crippen LogP contribution >= 0.6 is 0 Å². The van der Waals surface area contributed by atoms with Crippen LogP contribution in [0.5, 0.6) is 0 Å². The van der Waals surface area contributed by atoms with Gasteiger partial charge in [0.25, 0.3) is 5.97 Å². The summed E-state index contributed by atoms with van der Waals surface area (Å²) in [4.78, 5) is 0. The van der Waals surface area contributed by atoms with Gasteiger partial charge in [0.05, 0.1) is 18.3 Å². The summed E-state index contributed by atoms with van der Waals surface area (Å²) in [6.45, 7) is 14.5. The van der Waals surface area contributed by atoms with Crippen molar-refractivity contribution >= 4 is 0 Å². The van der Waals surface area contributed by atoms with Gasteiger partial charge in [0.1, 0.15) is 0 Å². The lowest BCUT2D eigenvalue weighted by Gasteiger charge is -2.37. The highest BCUT2D eigenvalue weighted by molar-refractivity contribution is 4.64. The molecule has 0 heterocycles. The van der Waals surface area contributed by atoms with Gasteiger partial charge in [0, 0.05) is 6.42 Å². The molecule has 24 heavy (non-hydrogen) atoms. The van der Waals surface area contributed by atoms with E-state index >= 15 is 0 Å². The number of rotatable bonds is 14. The summed E-state index contributed by atoms with van der Waals surface area (Å²) in [5, 5.41) is 0. The Balaban J connectivity index is 0. The molecule has 0 amide bonds. The van der Waals surface area contributed by atoms with Crippen LogP contribution in [-0.2, 0) is 14.2 Å². The van der Waals surface area contributed by atoms with Crippen molar-refractivity contribution in [2.75, 3.05) is 0 Å². The zero-order valence-corrected chi connectivity index (χ0v) is 17.3. The fourth-order valence-electron chi connectivity index (χ4n) is 2.64. The maximum absolute atomic E-state index is 6.06. The molecule has 4 N–H and O–H groups in total. The smallest absolute Gasteiger partial charge is 0.283 e. The van der Waals surface area contributed by atoms with Crippen molar-refractivity contribution in [2.45, 2.75) is 124 Å². The normalized spacial score (nSPS) is 12.0. The van der Waals surface area contributed by atoms with Gasteiger partial charge < -0.3 is 14.2 Å². The van der Waals surface area contributed by atoms with Crippen molar-refractivity contribution in [3.63, 3.8) is 0 Å². The van der Waals surface area contributed by atoms with Crippen LogP contribution in [0, 0.1) is 0 Å². The molecule has 0 atom stereocenters. The Hall–Kier alpha value is -0.200. The standard InChI is InChI=1S/C19H40O3.H4N2/c1-8-9-10-11-12-13-14-15-19(20-16(2)3,21-17(4)5)22-18(6)7;1-2/h16-18H,8-15H2,1-7H3;1-2H2. The molecule has 0 aliphatic carbocycles. The van der Waals surface area contributed by atoms with Crippen LogP contribution in [0.3, 0.4) is 0 Å². The predicted octanol–water partition coefficient (Wildman–Crippen LogP) is 4.87. The van der Waals surface area contributed by atoms with E-state index in [0.717, 1.165) is 12.8 Å². The molecule has 148 valence electrons. The number of hydrogen-bond donors (Lipinski definition) is 2. The number of nitrogens with two attached hydrogens (primary N) is 2. The SMILES string of the molecule is CCCCCCCCCC(OC(C)C)(OC(C)C)OC(C)C.NN. The second-order valence-electron chi connectivity index (χ2n) is 7.05. The van der Waals surface area contributed by atoms with Gasteiger partial charge in [-0.1, -0.05) is 45.4 Å². The van der Waals surface area contributed by atoms with E-state index in [2.05, 4.69) is 18.6 Å². The third-order valence-electron chi connectivity index (χ3n) is 3.33. The Kier molecular flexibility index (Phi) is 17.7. The minimum absolute atomic E-state index is 0.0852. The first-order valence-corrected chi connectivity index (χ1v) is 9.68. The minimum atomic E-state index is -0.889. The van der Waals surface area contributed by atoms with Crippen molar-refractivity contribution < 1.29 is 14.2 Å². The first kappa shape index (κ1) is 26.0. The largest absolute Gasteiger partial charge is 0.325 e. The Morgan fingerprint density at radius 2 is 0.958 bits per heavy atom. The van der Waals surface area contributed by atoms with E-state index in [1.165, 1.54) is 38.5 Å². The monoisotopic (exact) mass is 348 g/mol. The maximum Gasteiger partial charge on any atom is 0.283 e. The molecule has 0 saturated carbocycles. The molecule has 0 aromatic carbocycles.